The van der Waals surface area contributed by atoms with Crippen molar-refractivity contribution in [2.24, 2.45) is 5.92 Å². The minimum absolute atomic E-state index is 0.0937. The highest BCUT2D eigenvalue weighted by molar-refractivity contribution is 6.01. The standard InChI is InChI=1S/C20H21N3O3/c1-2-14-8-10-17(11-9-14)23-13-16(12-18(23)24)20(26)22-21-19(25)15-6-4-3-5-7-15/h3-11,16H,2,12-13H2,1H3,(H,21,25)(H,22,26)/t16-/m0/s1. The molecule has 1 aliphatic rings. The quantitative estimate of drug-likeness (QED) is 0.828. The van der Waals surface area contributed by atoms with Crippen molar-refractivity contribution in [3.8, 4) is 0 Å². The summed E-state index contributed by atoms with van der Waals surface area (Å²) in [5.74, 6) is -1.35. The number of amides is 3. The van der Waals surface area contributed by atoms with Crippen LogP contribution >= 0.6 is 0 Å². The van der Waals surface area contributed by atoms with E-state index in [9.17, 15) is 14.4 Å². The second-order valence-electron chi connectivity index (χ2n) is 6.23. The first-order valence-electron chi connectivity index (χ1n) is 8.63. The van der Waals surface area contributed by atoms with E-state index in [4.69, 9.17) is 0 Å². The number of hydrogen-bond acceptors (Lipinski definition) is 3. The Morgan fingerprint density at radius 1 is 1.04 bits per heavy atom. The van der Waals surface area contributed by atoms with Crippen LogP contribution in [0.5, 0.6) is 0 Å². The van der Waals surface area contributed by atoms with Crippen LogP contribution in [0.3, 0.4) is 0 Å². The number of hydrazine groups is 1. The average Bonchev–Trinajstić information content (AvgIpc) is 3.08. The smallest absolute Gasteiger partial charge is 0.269 e. The molecule has 1 saturated heterocycles. The number of hydrogen-bond donors (Lipinski definition) is 2. The van der Waals surface area contributed by atoms with E-state index in [1.165, 1.54) is 5.56 Å². The van der Waals surface area contributed by atoms with Gasteiger partial charge in [0.25, 0.3) is 5.91 Å². The molecule has 26 heavy (non-hydrogen) atoms. The third kappa shape index (κ3) is 3.91. The molecule has 1 fully saturated rings. The Bertz CT molecular complexity index is 803. The number of aryl methyl sites for hydroxylation is 1. The van der Waals surface area contributed by atoms with Crippen molar-refractivity contribution in [3.05, 3.63) is 65.7 Å². The summed E-state index contributed by atoms with van der Waals surface area (Å²) in [6.07, 6.45) is 1.06. The maximum atomic E-state index is 12.3. The number of carbonyl (C=O) groups is 3. The maximum Gasteiger partial charge on any atom is 0.269 e. The maximum absolute atomic E-state index is 12.3. The minimum Gasteiger partial charge on any atom is -0.312 e. The minimum atomic E-state index is -0.496. The lowest BCUT2D eigenvalue weighted by Crippen LogP contribution is -2.45. The summed E-state index contributed by atoms with van der Waals surface area (Å²) in [7, 11) is 0. The van der Waals surface area contributed by atoms with E-state index < -0.39 is 11.8 Å². The first-order chi connectivity index (χ1) is 12.6. The van der Waals surface area contributed by atoms with Crippen LogP contribution in [0.15, 0.2) is 54.6 Å². The number of nitrogens with zero attached hydrogens (tertiary/aromatic N) is 1. The Labute approximate surface area is 152 Å². The number of carbonyl (C=O) groups excluding carboxylic acids is 3. The molecule has 6 nitrogen and oxygen atoms in total. The van der Waals surface area contributed by atoms with Gasteiger partial charge in [-0.05, 0) is 36.2 Å². The van der Waals surface area contributed by atoms with E-state index >= 15 is 0 Å². The molecule has 6 heteroatoms. The molecular weight excluding hydrogens is 330 g/mol. The summed E-state index contributed by atoms with van der Waals surface area (Å²) in [5.41, 5.74) is 7.24. The summed E-state index contributed by atoms with van der Waals surface area (Å²) in [6, 6.07) is 16.4. The molecule has 3 rings (SSSR count). The zero-order valence-electron chi connectivity index (χ0n) is 14.6. The average molecular weight is 351 g/mol. The van der Waals surface area contributed by atoms with Gasteiger partial charge in [-0.25, -0.2) is 0 Å². The van der Waals surface area contributed by atoms with Crippen molar-refractivity contribution < 1.29 is 14.4 Å². The molecule has 3 amide bonds. The number of rotatable bonds is 4. The van der Waals surface area contributed by atoms with Gasteiger partial charge < -0.3 is 4.90 Å². The van der Waals surface area contributed by atoms with Gasteiger partial charge in [0, 0.05) is 24.2 Å². The van der Waals surface area contributed by atoms with Gasteiger partial charge in [0.2, 0.25) is 11.8 Å². The zero-order chi connectivity index (χ0) is 18.5. The molecule has 134 valence electrons. The Morgan fingerprint density at radius 3 is 2.38 bits per heavy atom. The van der Waals surface area contributed by atoms with Crippen LogP contribution in [-0.2, 0) is 16.0 Å². The zero-order valence-corrected chi connectivity index (χ0v) is 14.6. The SMILES string of the molecule is CCc1ccc(N2C[C@@H](C(=O)NNC(=O)c3ccccc3)CC2=O)cc1. The van der Waals surface area contributed by atoms with E-state index in [2.05, 4.69) is 17.8 Å². The molecule has 2 aromatic carbocycles. The highest BCUT2D eigenvalue weighted by Crippen LogP contribution is 2.25. The second kappa shape index (κ2) is 7.82. The Kier molecular flexibility index (Phi) is 5.31. The van der Waals surface area contributed by atoms with Crippen LogP contribution in [0, 0.1) is 5.92 Å². The fourth-order valence-electron chi connectivity index (χ4n) is 2.93. The predicted molar refractivity (Wildman–Crippen MR) is 98.3 cm³/mol. The molecule has 0 unspecified atom stereocenters. The molecule has 0 aliphatic carbocycles. The Hall–Kier alpha value is -3.15. The normalized spacial score (nSPS) is 16.4. The van der Waals surface area contributed by atoms with Gasteiger partial charge in [-0.2, -0.15) is 0 Å². The summed E-state index contributed by atoms with van der Waals surface area (Å²) in [4.78, 5) is 38.1. The first-order valence-corrected chi connectivity index (χ1v) is 8.63. The fraction of sp³-hybridized carbons (Fsp3) is 0.250. The highest BCUT2D eigenvalue weighted by Gasteiger charge is 2.35. The molecule has 0 saturated carbocycles. The van der Waals surface area contributed by atoms with Gasteiger partial charge in [-0.1, -0.05) is 37.3 Å². The van der Waals surface area contributed by atoms with Crippen LogP contribution in [0.4, 0.5) is 5.69 Å². The molecule has 0 radical (unpaired) electrons. The van der Waals surface area contributed by atoms with Crippen LogP contribution < -0.4 is 15.8 Å². The monoisotopic (exact) mass is 351 g/mol. The molecule has 0 aromatic heterocycles. The van der Waals surface area contributed by atoms with E-state index in [1.807, 2.05) is 24.3 Å². The first kappa shape index (κ1) is 17.7. The van der Waals surface area contributed by atoms with Crippen molar-refractivity contribution in [1.82, 2.24) is 10.9 Å². The van der Waals surface area contributed by atoms with Crippen LogP contribution in [0.1, 0.15) is 29.3 Å². The summed E-state index contributed by atoms with van der Waals surface area (Å²) < 4.78 is 0. The molecule has 1 heterocycles. The largest absolute Gasteiger partial charge is 0.312 e. The van der Waals surface area contributed by atoms with E-state index in [0.717, 1.165) is 12.1 Å². The summed E-state index contributed by atoms with van der Waals surface area (Å²) >= 11 is 0. The predicted octanol–water partition coefficient (Wildman–Crippen LogP) is 2.06. The summed E-state index contributed by atoms with van der Waals surface area (Å²) in [5, 5.41) is 0. The van der Waals surface area contributed by atoms with Crippen LogP contribution in [0.25, 0.3) is 0 Å². The van der Waals surface area contributed by atoms with Crippen LogP contribution in [0.2, 0.25) is 0 Å². The van der Waals surface area contributed by atoms with E-state index in [0.29, 0.717) is 12.1 Å². The fourth-order valence-corrected chi connectivity index (χ4v) is 2.93. The third-order valence-corrected chi connectivity index (χ3v) is 4.49. The molecule has 1 aliphatic heterocycles. The van der Waals surface area contributed by atoms with Crippen molar-refractivity contribution in [2.75, 3.05) is 11.4 Å². The van der Waals surface area contributed by atoms with E-state index in [-0.39, 0.29) is 18.2 Å². The summed E-state index contributed by atoms with van der Waals surface area (Å²) in [6.45, 7) is 2.37. The number of anilines is 1. The number of nitrogens with one attached hydrogen (secondary N) is 2. The molecule has 2 aromatic rings. The van der Waals surface area contributed by atoms with Crippen molar-refractivity contribution in [2.45, 2.75) is 19.8 Å². The van der Waals surface area contributed by atoms with Crippen molar-refractivity contribution in [3.63, 3.8) is 0 Å². The van der Waals surface area contributed by atoms with Crippen LogP contribution in [-0.4, -0.2) is 24.3 Å². The van der Waals surface area contributed by atoms with Crippen molar-refractivity contribution >= 4 is 23.4 Å². The Balaban J connectivity index is 1.57. The Morgan fingerprint density at radius 2 is 1.73 bits per heavy atom. The lowest BCUT2D eigenvalue weighted by molar-refractivity contribution is -0.126. The van der Waals surface area contributed by atoms with E-state index in [1.54, 1.807) is 35.2 Å². The molecule has 0 spiro atoms. The second-order valence-corrected chi connectivity index (χ2v) is 6.23. The van der Waals surface area contributed by atoms with Gasteiger partial charge in [0.05, 0.1) is 5.92 Å². The van der Waals surface area contributed by atoms with Gasteiger partial charge in [-0.3, -0.25) is 25.2 Å². The molecule has 2 N–H and O–H groups in total. The van der Waals surface area contributed by atoms with Crippen molar-refractivity contribution in [1.29, 1.82) is 0 Å². The lowest BCUT2D eigenvalue weighted by atomic mass is 10.1. The highest BCUT2D eigenvalue weighted by atomic mass is 16.2. The lowest BCUT2D eigenvalue weighted by Gasteiger charge is -2.17. The third-order valence-electron chi connectivity index (χ3n) is 4.49. The van der Waals surface area contributed by atoms with Gasteiger partial charge in [-0.15, -0.1) is 0 Å². The van der Waals surface area contributed by atoms with Gasteiger partial charge >= 0.3 is 0 Å². The van der Waals surface area contributed by atoms with Gasteiger partial charge in [0.15, 0.2) is 0 Å². The topological polar surface area (TPSA) is 78.5 Å². The van der Waals surface area contributed by atoms with Gasteiger partial charge in [0.1, 0.15) is 0 Å². The number of benzene rings is 2. The molecular formula is C20H21N3O3. The molecule has 1 atom stereocenters. The molecule has 0 bridgehead atoms.